The fraction of sp³-hybridized carbons (Fsp3) is 0.188. The van der Waals surface area contributed by atoms with Crippen LogP contribution in [0.5, 0.6) is 11.5 Å². The number of rotatable bonds is 3. The predicted molar refractivity (Wildman–Crippen MR) is 79.1 cm³/mol. The van der Waals surface area contributed by atoms with Crippen molar-refractivity contribution in [3.8, 4) is 11.5 Å². The Labute approximate surface area is 122 Å². The third-order valence-corrected chi connectivity index (χ3v) is 3.48. The highest BCUT2D eigenvalue weighted by Gasteiger charge is 2.11. The number of carbonyl (C=O) groups is 1. The zero-order valence-electron chi connectivity index (χ0n) is 11.5. The largest absolute Gasteiger partial charge is 0.478 e. The molecule has 1 N–H and O–H groups in total. The van der Waals surface area contributed by atoms with Crippen molar-refractivity contribution in [2.45, 2.75) is 20.8 Å². The molecule has 0 aliphatic rings. The van der Waals surface area contributed by atoms with Crippen LogP contribution in [0, 0.1) is 20.8 Å². The summed E-state index contributed by atoms with van der Waals surface area (Å²) in [7, 11) is 0. The molecule has 2 rings (SSSR count). The molecule has 0 atom stereocenters. The summed E-state index contributed by atoms with van der Waals surface area (Å²) in [6, 6.07) is 8.59. The van der Waals surface area contributed by atoms with Crippen LogP contribution in [0.2, 0.25) is 5.02 Å². The van der Waals surface area contributed by atoms with E-state index in [4.69, 9.17) is 21.4 Å². The number of hydrogen-bond acceptors (Lipinski definition) is 2. The van der Waals surface area contributed by atoms with Crippen molar-refractivity contribution in [2.75, 3.05) is 0 Å². The molecule has 3 nitrogen and oxygen atoms in total. The lowest BCUT2D eigenvalue weighted by molar-refractivity contribution is 0.0697. The van der Waals surface area contributed by atoms with E-state index >= 15 is 0 Å². The van der Waals surface area contributed by atoms with Crippen LogP contribution in [-0.2, 0) is 0 Å². The third kappa shape index (κ3) is 2.94. The monoisotopic (exact) mass is 290 g/mol. The van der Waals surface area contributed by atoms with E-state index in [1.807, 2.05) is 26.8 Å². The SMILES string of the molecule is Cc1cc(C)c(C)c(Oc2ccc(C(=O)O)c(Cl)c2)c1. The quantitative estimate of drug-likeness (QED) is 0.887. The molecule has 0 aromatic heterocycles. The molecule has 0 fully saturated rings. The van der Waals surface area contributed by atoms with Gasteiger partial charge in [-0.2, -0.15) is 0 Å². The second kappa shape index (κ2) is 5.55. The number of aryl methyl sites for hydroxylation is 2. The summed E-state index contributed by atoms with van der Waals surface area (Å²) < 4.78 is 5.81. The zero-order chi connectivity index (χ0) is 14.9. The molecule has 0 saturated heterocycles. The Bertz CT molecular complexity index is 678. The first-order chi connectivity index (χ1) is 9.38. The van der Waals surface area contributed by atoms with Gasteiger partial charge in [-0.25, -0.2) is 4.79 Å². The van der Waals surface area contributed by atoms with E-state index in [1.54, 1.807) is 6.07 Å². The highest BCUT2D eigenvalue weighted by Crippen LogP contribution is 2.30. The summed E-state index contributed by atoms with van der Waals surface area (Å²) in [6.07, 6.45) is 0. The van der Waals surface area contributed by atoms with Gasteiger partial charge in [-0.15, -0.1) is 0 Å². The average molecular weight is 291 g/mol. The number of benzene rings is 2. The summed E-state index contributed by atoms with van der Waals surface area (Å²) in [5.41, 5.74) is 3.37. The van der Waals surface area contributed by atoms with Crippen LogP contribution >= 0.6 is 11.6 Å². The maximum absolute atomic E-state index is 10.9. The first kappa shape index (κ1) is 14.4. The lowest BCUT2D eigenvalue weighted by Gasteiger charge is -2.12. The van der Waals surface area contributed by atoms with Crippen LogP contribution in [0.25, 0.3) is 0 Å². The molecule has 0 unspecified atom stereocenters. The first-order valence-electron chi connectivity index (χ1n) is 6.17. The van der Waals surface area contributed by atoms with E-state index in [1.165, 1.54) is 12.1 Å². The summed E-state index contributed by atoms with van der Waals surface area (Å²) in [5, 5.41) is 9.10. The van der Waals surface area contributed by atoms with Gasteiger partial charge in [0.1, 0.15) is 11.5 Å². The topological polar surface area (TPSA) is 46.5 Å². The predicted octanol–water partition coefficient (Wildman–Crippen LogP) is 4.76. The number of hydrogen-bond donors (Lipinski definition) is 1. The highest BCUT2D eigenvalue weighted by atomic mass is 35.5. The molecule has 0 aliphatic heterocycles. The molecule has 20 heavy (non-hydrogen) atoms. The molecule has 0 heterocycles. The number of halogens is 1. The van der Waals surface area contributed by atoms with Crippen LogP contribution in [0.4, 0.5) is 0 Å². The second-order valence-corrected chi connectivity index (χ2v) is 5.16. The van der Waals surface area contributed by atoms with E-state index in [0.717, 1.165) is 22.4 Å². The standard InChI is InChI=1S/C16H15ClO3/c1-9-6-10(2)11(3)15(7-9)20-12-4-5-13(16(18)19)14(17)8-12/h4-8H,1-3H3,(H,18,19). The highest BCUT2D eigenvalue weighted by molar-refractivity contribution is 6.33. The average Bonchev–Trinajstić information content (AvgIpc) is 2.35. The van der Waals surface area contributed by atoms with E-state index in [2.05, 4.69) is 6.07 Å². The van der Waals surface area contributed by atoms with Crippen molar-refractivity contribution >= 4 is 17.6 Å². The Hall–Kier alpha value is -2.00. The van der Waals surface area contributed by atoms with Gasteiger partial charge in [0.25, 0.3) is 0 Å². The van der Waals surface area contributed by atoms with E-state index in [9.17, 15) is 4.79 Å². The van der Waals surface area contributed by atoms with Crippen LogP contribution < -0.4 is 4.74 Å². The number of carboxylic acid groups (broad SMARTS) is 1. The summed E-state index contributed by atoms with van der Waals surface area (Å²) in [4.78, 5) is 10.9. The molecule has 2 aromatic carbocycles. The van der Waals surface area contributed by atoms with Crippen molar-refractivity contribution in [1.82, 2.24) is 0 Å². The van der Waals surface area contributed by atoms with Crippen molar-refractivity contribution in [3.63, 3.8) is 0 Å². The molecule has 0 saturated carbocycles. The number of aromatic carboxylic acids is 1. The van der Waals surface area contributed by atoms with Gasteiger partial charge in [0.2, 0.25) is 0 Å². The Morgan fingerprint density at radius 2 is 1.85 bits per heavy atom. The van der Waals surface area contributed by atoms with Crippen molar-refractivity contribution in [2.24, 2.45) is 0 Å². The molecular formula is C16H15ClO3. The van der Waals surface area contributed by atoms with Gasteiger partial charge >= 0.3 is 5.97 Å². The van der Waals surface area contributed by atoms with Crippen LogP contribution in [0.1, 0.15) is 27.0 Å². The van der Waals surface area contributed by atoms with Crippen molar-refractivity contribution in [3.05, 3.63) is 57.6 Å². The Morgan fingerprint density at radius 1 is 1.15 bits per heavy atom. The van der Waals surface area contributed by atoms with Gasteiger partial charge in [0, 0.05) is 6.07 Å². The lowest BCUT2D eigenvalue weighted by atomic mass is 10.1. The van der Waals surface area contributed by atoms with E-state index in [-0.39, 0.29) is 10.6 Å². The maximum atomic E-state index is 10.9. The van der Waals surface area contributed by atoms with Crippen molar-refractivity contribution < 1.29 is 14.6 Å². The number of ether oxygens (including phenoxy) is 1. The molecule has 0 aliphatic carbocycles. The van der Waals surface area contributed by atoms with Gasteiger partial charge in [-0.05, 0) is 55.7 Å². The van der Waals surface area contributed by atoms with Gasteiger partial charge in [-0.3, -0.25) is 0 Å². The van der Waals surface area contributed by atoms with Gasteiger partial charge < -0.3 is 9.84 Å². The fourth-order valence-electron chi connectivity index (χ4n) is 1.97. The van der Waals surface area contributed by atoms with Crippen LogP contribution in [-0.4, -0.2) is 11.1 Å². The first-order valence-corrected chi connectivity index (χ1v) is 6.55. The third-order valence-electron chi connectivity index (χ3n) is 3.16. The van der Waals surface area contributed by atoms with Crippen LogP contribution in [0.15, 0.2) is 30.3 Å². The lowest BCUT2D eigenvalue weighted by Crippen LogP contribution is -1.98. The second-order valence-electron chi connectivity index (χ2n) is 4.75. The minimum Gasteiger partial charge on any atom is -0.478 e. The molecule has 104 valence electrons. The molecule has 0 radical (unpaired) electrons. The number of carboxylic acids is 1. The van der Waals surface area contributed by atoms with Gasteiger partial charge in [0.05, 0.1) is 10.6 Å². The normalized spacial score (nSPS) is 10.4. The van der Waals surface area contributed by atoms with E-state index in [0.29, 0.717) is 5.75 Å². The minimum atomic E-state index is -1.05. The van der Waals surface area contributed by atoms with E-state index < -0.39 is 5.97 Å². The summed E-state index contributed by atoms with van der Waals surface area (Å²) >= 11 is 5.93. The molecule has 0 spiro atoms. The summed E-state index contributed by atoms with van der Waals surface area (Å²) in [5.74, 6) is 0.221. The molecular weight excluding hydrogens is 276 g/mol. The minimum absolute atomic E-state index is 0.0659. The Kier molecular flexibility index (Phi) is 4.00. The maximum Gasteiger partial charge on any atom is 0.337 e. The molecule has 0 amide bonds. The van der Waals surface area contributed by atoms with Crippen molar-refractivity contribution in [1.29, 1.82) is 0 Å². The van der Waals surface area contributed by atoms with Crippen LogP contribution in [0.3, 0.4) is 0 Å². The fourth-order valence-corrected chi connectivity index (χ4v) is 2.22. The zero-order valence-corrected chi connectivity index (χ0v) is 12.3. The Morgan fingerprint density at radius 3 is 2.45 bits per heavy atom. The Balaban J connectivity index is 2.36. The summed E-state index contributed by atoms with van der Waals surface area (Å²) in [6.45, 7) is 6.01. The van der Waals surface area contributed by atoms with Gasteiger partial charge in [-0.1, -0.05) is 17.7 Å². The van der Waals surface area contributed by atoms with Gasteiger partial charge in [0.15, 0.2) is 0 Å². The molecule has 0 bridgehead atoms. The molecule has 4 heteroatoms. The molecule has 2 aromatic rings. The smallest absolute Gasteiger partial charge is 0.337 e.